The molecule has 1 aliphatic rings. The minimum absolute atomic E-state index is 0.380. The zero-order valence-electron chi connectivity index (χ0n) is 9.31. The molecule has 88 valence electrons. The van der Waals surface area contributed by atoms with Gasteiger partial charge in [-0.05, 0) is 26.7 Å². The van der Waals surface area contributed by atoms with Gasteiger partial charge in [-0.3, -0.25) is 0 Å². The normalized spacial score (nSPS) is 26.1. The molecule has 0 aromatic rings. The summed E-state index contributed by atoms with van der Waals surface area (Å²) in [5, 5.41) is 9.43. The molecule has 0 aliphatic carbocycles. The smallest absolute Gasteiger partial charge is 0.410 e. The van der Waals surface area contributed by atoms with E-state index < -0.39 is 12.4 Å². The molecule has 2 unspecified atom stereocenters. The zero-order valence-corrected chi connectivity index (χ0v) is 9.31. The Morgan fingerprint density at radius 3 is 2.73 bits per heavy atom. The number of carbonyl (C=O) groups excluding carboxylic acids is 1. The van der Waals surface area contributed by atoms with Crippen molar-refractivity contribution in [2.75, 3.05) is 19.7 Å². The van der Waals surface area contributed by atoms with Crippen molar-refractivity contribution in [2.24, 2.45) is 0 Å². The van der Waals surface area contributed by atoms with E-state index in [4.69, 9.17) is 9.47 Å². The van der Waals surface area contributed by atoms with Crippen molar-refractivity contribution < 1.29 is 19.4 Å². The lowest BCUT2D eigenvalue weighted by Crippen LogP contribution is -2.41. The molecule has 5 heteroatoms. The fourth-order valence-electron chi connectivity index (χ4n) is 1.54. The Kier molecular flexibility index (Phi) is 4.84. The number of ether oxygens (including phenoxy) is 2. The van der Waals surface area contributed by atoms with Crippen molar-refractivity contribution in [1.82, 2.24) is 4.90 Å². The van der Waals surface area contributed by atoms with Crippen molar-refractivity contribution >= 4 is 6.09 Å². The van der Waals surface area contributed by atoms with Crippen LogP contribution < -0.4 is 0 Å². The second-order valence-electron chi connectivity index (χ2n) is 3.50. The molecule has 1 heterocycles. The summed E-state index contributed by atoms with van der Waals surface area (Å²) in [6, 6.07) is 0. The van der Waals surface area contributed by atoms with E-state index in [1.807, 2.05) is 13.8 Å². The predicted octanol–water partition coefficient (Wildman–Crippen LogP) is 0.962. The molecular weight excluding hydrogens is 198 g/mol. The van der Waals surface area contributed by atoms with Crippen LogP contribution in [-0.4, -0.2) is 48.2 Å². The zero-order chi connectivity index (χ0) is 11.3. The van der Waals surface area contributed by atoms with Crippen molar-refractivity contribution in [3.05, 3.63) is 0 Å². The van der Waals surface area contributed by atoms with Crippen LogP contribution in [0.3, 0.4) is 0 Å². The van der Waals surface area contributed by atoms with Gasteiger partial charge >= 0.3 is 6.09 Å². The van der Waals surface area contributed by atoms with Crippen LogP contribution in [0.1, 0.15) is 26.7 Å². The number of hydrogen-bond donors (Lipinski definition) is 1. The van der Waals surface area contributed by atoms with Crippen molar-refractivity contribution in [1.29, 1.82) is 0 Å². The molecule has 0 aromatic carbocycles. The standard InChI is InChI=1S/C10H19NO4/c1-3-11(4-2)10(13)15-8-6-5-7-14-9(8)12/h8-9,12H,3-7H2,1-2H3. The highest BCUT2D eigenvalue weighted by Crippen LogP contribution is 2.16. The fourth-order valence-corrected chi connectivity index (χ4v) is 1.54. The van der Waals surface area contributed by atoms with Gasteiger partial charge < -0.3 is 19.5 Å². The van der Waals surface area contributed by atoms with Crippen LogP contribution in [0.15, 0.2) is 0 Å². The number of aliphatic hydroxyl groups is 1. The van der Waals surface area contributed by atoms with Crippen LogP contribution in [-0.2, 0) is 9.47 Å². The van der Waals surface area contributed by atoms with E-state index >= 15 is 0 Å². The lowest BCUT2D eigenvalue weighted by molar-refractivity contribution is -0.187. The highest BCUT2D eigenvalue weighted by Gasteiger charge is 2.28. The van der Waals surface area contributed by atoms with Crippen molar-refractivity contribution in [2.45, 2.75) is 39.1 Å². The summed E-state index contributed by atoms with van der Waals surface area (Å²) < 4.78 is 10.2. The van der Waals surface area contributed by atoms with E-state index in [1.165, 1.54) is 0 Å². The van der Waals surface area contributed by atoms with Crippen LogP contribution in [0.4, 0.5) is 4.79 Å². The third-order valence-corrected chi connectivity index (χ3v) is 2.51. The quantitative estimate of drug-likeness (QED) is 0.765. The lowest BCUT2D eigenvalue weighted by atomic mass is 10.1. The van der Waals surface area contributed by atoms with Crippen LogP contribution in [0, 0.1) is 0 Å². The molecule has 1 fully saturated rings. The van der Waals surface area contributed by atoms with Gasteiger partial charge in [0, 0.05) is 13.1 Å². The third kappa shape index (κ3) is 3.35. The van der Waals surface area contributed by atoms with Crippen molar-refractivity contribution in [3.8, 4) is 0 Å². The Hall–Kier alpha value is -0.810. The molecular formula is C10H19NO4. The van der Waals surface area contributed by atoms with E-state index in [9.17, 15) is 9.90 Å². The first-order chi connectivity index (χ1) is 7.19. The Bertz CT molecular complexity index is 206. The molecule has 15 heavy (non-hydrogen) atoms. The Morgan fingerprint density at radius 2 is 2.20 bits per heavy atom. The van der Waals surface area contributed by atoms with Crippen LogP contribution in [0.25, 0.3) is 0 Å². The van der Waals surface area contributed by atoms with Crippen LogP contribution >= 0.6 is 0 Å². The van der Waals surface area contributed by atoms with Crippen LogP contribution in [0.2, 0.25) is 0 Å². The largest absolute Gasteiger partial charge is 0.441 e. The van der Waals surface area contributed by atoms with Gasteiger partial charge in [0.25, 0.3) is 0 Å². The van der Waals surface area contributed by atoms with Gasteiger partial charge in [-0.1, -0.05) is 0 Å². The number of aliphatic hydroxyl groups excluding tert-OH is 1. The molecule has 0 aromatic heterocycles. The summed E-state index contributed by atoms with van der Waals surface area (Å²) in [5.74, 6) is 0. The first kappa shape index (κ1) is 12.3. The molecule has 1 amide bonds. The summed E-state index contributed by atoms with van der Waals surface area (Å²) in [4.78, 5) is 13.1. The van der Waals surface area contributed by atoms with Crippen LogP contribution in [0.5, 0.6) is 0 Å². The minimum Gasteiger partial charge on any atom is -0.441 e. The molecule has 2 atom stereocenters. The summed E-state index contributed by atoms with van der Waals surface area (Å²) in [6.45, 7) is 5.52. The van der Waals surface area contributed by atoms with Gasteiger partial charge in [-0.25, -0.2) is 4.79 Å². The second-order valence-corrected chi connectivity index (χ2v) is 3.50. The van der Waals surface area contributed by atoms with E-state index in [2.05, 4.69) is 0 Å². The van der Waals surface area contributed by atoms with Crippen molar-refractivity contribution in [3.63, 3.8) is 0 Å². The van der Waals surface area contributed by atoms with E-state index in [0.717, 1.165) is 6.42 Å². The van der Waals surface area contributed by atoms with Gasteiger partial charge in [0.15, 0.2) is 12.4 Å². The maximum Gasteiger partial charge on any atom is 0.410 e. The molecule has 1 saturated heterocycles. The monoisotopic (exact) mass is 217 g/mol. The summed E-state index contributed by atoms with van der Waals surface area (Å²) in [5.41, 5.74) is 0. The average molecular weight is 217 g/mol. The topological polar surface area (TPSA) is 59.0 Å². The van der Waals surface area contributed by atoms with Gasteiger partial charge in [0.1, 0.15) is 0 Å². The number of amides is 1. The third-order valence-electron chi connectivity index (χ3n) is 2.51. The summed E-state index contributed by atoms with van der Waals surface area (Å²) in [7, 11) is 0. The van der Waals surface area contributed by atoms with E-state index in [0.29, 0.717) is 26.1 Å². The maximum atomic E-state index is 11.6. The van der Waals surface area contributed by atoms with E-state index in [1.54, 1.807) is 4.90 Å². The highest BCUT2D eigenvalue weighted by molar-refractivity contribution is 5.67. The molecule has 0 radical (unpaired) electrons. The molecule has 0 bridgehead atoms. The first-order valence-corrected chi connectivity index (χ1v) is 5.44. The molecule has 0 spiro atoms. The number of nitrogens with zero attached hydrogens (tertiary/aromatic N) is 1. The SMILES string of the molecule is CCN(CC)C(=O)OC1CCCOC1O. The average Bonchev–Trinajstić information content (AvgIpc) is 2.23. The second kappa shape index (κ2) is 5.92. The first-order valence-electron chi connectivity index (χ1n) is 5.44. The van der Waals surface area contributed by atoms with Gasteiger partial charge in [0.05, 0.1) is 6.61 Å². The Labute approximate surface area is 90.0 Å². The number of hydrogen-bond acceptors (Lipinski definition) is 4. The maximum absolute atomic E-state index is 11.6. The molecule has 0 saturated carbocycles. The highest BCUT2D eigenvalue weighted by atomic mass is 16.6. The summed E-state index contributed by atoms with van der Waals surface area (Å²) >= 11 is 0. The lowest BCUT2D eigenvalue weighted by Gasteiger charge is -2.29. The predicted molar refractivity (Wildman–Crippen MR) is 54.4 cm³/mol. The van der Waals surface area contributed by atoms with Gasteiger partial charge in [-0.15, -0.1) is 0 Å². The Balaban J connectivity index is 2.41. The molecule has 1 N–H and O–H groups in total. The number of rotatable bonds is 3. The molecule has 1 aliphatic heterocycles. The van der Waals surface area contributed by atoms with Gasteiger partial charge in [-0.2, -0.15) is 0 Å². The number of carbonyl (C=O) groups is 1. The van der Waals surface area contributed by atoms with Gasteiger partial charge in [0.2, 0.25) is 0 Å². The fraction of sp³-hybridized carbons (Fsp3) is 0.900. The van der Waals surface area contributed by atoms with E-state index in [-0.39, 0.29) is 6.09 Å². The minimum atomic E-state index is -0.974. The Morgan fingerprint density at radius 1 is 1.53 bits per heavy atom. The summed E-state index contributed by atoms with van der Waals surface area (Å²) in [6.07, 6.45) is -0.402. The molecule has 5 nitrogen and oxygen atoms in total. The molecule has 1 rings (SSSR count).